The van der Waals surface area contributed by atoms with E-state index in [9.17, 15) is 0 Å². The highest BCUT2D eigenvalue weighted by molar-refractivity contribution is 5.64. The van der Waals surface area contributed by atoms with Crippen LogP contribution in [0.3, 0.4) is 0 Å². The molecule has 3 nitrogen and oxygen atoms in total. The van der Waals surface area contributed by atoms with Crippen molar-refractivity contribution in [2.24, 2.45) is 11.8 Å². The lowest BCUT2D eigenvalue weighted by Gasteiger charge is -2.19. The summed E-state index contributed by atoms with van der Waals surface area (Å²) in [6.07, 6.45) is 10.4. The molecule has 1 aliphatic carbocycles. The van der Waals surface area contributed by atoms with Crippen LogP contribution in [-0.2, 0) is 6.54 Å². The zero-order valence-corrected chi connectivity index (χ0v) is 15.7. The lowest BCUT2D eigenvalue weighted by molar-refractivity contribution is 0.435. The Morgan fingerprint density at radius 1 is 0.926 bits per heavy atom. The molecule has 0 bridgehead atoms. The molecular weight excluding hydrogens is 332 g/mol. The van der Waals surface area contributed by atoms with Gasteiger partial charge in [-0.05, 0) is 40.7 Å². The number of benzene rings is 2. The van der Waals surface area contributed by atoms with Gasteiger partial charge < -0.3 is 4.74 Å². The molecule has 27 heavy (non-hydrogen) atoms. The quantitative estimate of drug-likeness (QED) is 0.551. The Kier molecular flexibility index (Phi) is 4.93. The first kappa shape index (κ1) is 17.3. The van der Waals surface area contributed by atoms with Crippen LogP contribution in [0.2, 0.25) is 0 Å². The SMILES string of the molecule is CC1C=CC(Cn2cncc2Oc2ccc(-c3ccccc3)cc2)=CC1C. The summed E-state index contributed by atoms with van der Waals surface area (Å²) < 4.78 is 8.12. The van der Waals surface area contributed by atoms with Crippen molar-refractivity contribution in [1.29, 1.82) is 0 Å². The molecule has 1 aromatic heterocycles. The van der Waals surface area contributed by atoms with Crippen molar-refractivity contribution in [3.8, 4) is 22.8 Å². The van der Waals surface area contributed by atoms with Crippen molar-refractivity contribution in [3.05, 3.63) is 90.9 Å². The van der Waals surface area contributed by atoms with Crippen molar-refractivity contribution < 1.29 is 4.74 Å². The van der Waals surface area contributed by atoms with Crippen molar-refractivity contribution >= 4 is 0 Å². The Balaban J connectivity index is 1.47. The Morgan fingerprint density at radius 2 is 1.67 bits per heavy atom. The second-order valence-corrected chi connectivity index (χ2v) is 7.17. The van der Waals surface area contributed by atoms with Gasteiger partial charge in [-0.3, -0.25) is 4.57 Å². The number of ether oxygens (including phenoxy) is 1. The van der Waals surface area contributed by atoms with Gasteiger partial charge in [-0.25, -0.2) is 4.98 Å². The molecule has 1 aliphatic rings. The van der Waals surface area contributed by atoms with Gasteiger partial charge in [0.2, 0.25) is 5.88 Å². The summed E-state index contributed by atoms with van der Waals surface area (Å²) >= 11 is 0. The molecule has 4 rings (SSSR count). The van der Waals surface area contributed by atoms with E-state index in [1.165, 1.54) is 16.7 Å². The fourth-order valence-electron chi connectivity index (χ4n) is 3.28. The van der Waals surface area contributed by atoms with Crippen LogP contribution in [0.1, 0.15) is 13.8 Å². The van der Waals surface area contributed by atoms with Crippen LogP contribution in [0.5, 0.6) is 11.6 Å². The molecule has 2 unspecified atom stereocenters. The van der Waals surface area contributed by atoms with Crippen LogP contribution in [-0.4, -0.2) is 9.55 Å². The molecule has 0 amide bonds. The zero-order valence-electron chi connectivity index (χ0n) is 15.7. The van der Waals surface area contributed by atoms with Gasteiger partial charge in [-0.2, -0.15) is 0 Å². The van der Waals surface area contributed by atoms with Gasteiger partial charge >= 0.3 is 0 Å². The third-order valence-corrected chi connectivity index (χ3v) is 5.13. The predicted octanol–water partition coefficient (Wildman–Crippen LogP) is 6.11. The molecular formula is C24H24N2O. The molecule has 3 heteroatoms. The van der Waals surface area contributed by atoms with Crippen LogP contribution < -0.4 is 4.74 Å². The Hall–Kier alpha value is -3.07. The van der Waals surface area contributed by atoms with Crippen molar-refractivity contribution in [3.63, 3.8) is 0 Å². The molecule has 0 N–H and O–H groups in total. The fourth-order valence-corrected chi connectivity index (χ4v) is 3.28. The van der Waals surface area contributed by atoms with E-state index in [2.05, 4.69) is 61.3 Å². The smallest absolute Gasteiger partial charge is 0.219 e. The molecule has 3 aromatic rings. The summed E-state index contributed by atoms with van der Waals surface area (Å²) in [4.78, 5) is 4.27. The normalized spacial score (nSPS) is 19.0. The van der Waals surface area contributed by atoms with Gasteiger partial charge in [0.1, 0.15) is 5.75 Å². The number of imidazole rings is 1. The fraction of sp³-hybridized carbons (Fsp3) is 0.208. The zero-order chi connectivity index (χ0) is 18.6. The molecule has 0 radical (unpaired) electrons. The molecule has 136 valence electrons. The highest BCUT2D eigenvalue weighted by Gasteiger charge is 2.13. The maximum atomic E-state index is 6.08. The van der Waals surface area contributed by atoms with Gasteiger partial charge in [0.05, 0.1) is 19.1 Å². The van der Waals surface area contributed by atoms with Gasteiger partial charge in [0.15, 0.2) is 0 Å². The number of aromatic nitrogens is 2. The van der Waals surface area contributed by atoms with Crippen LogP contribution in [0.15, 0.2) is 90.9 Å². The van der Waals surface area contributed by atoms with E-state index in [1.807, 2.05) is 41.2 Å². The number of allylic oxidation sites excluding steroid dienone is 4. The van der Waals surface area contributed by atoms with Crippen LogP contribution >= 0.6 is 0 Å². The van der Waals surface area contributed by atoms with Crippen molar-refractivity contribution in [2.75, 3.05) is 0 Å². The van der Waals surface area contributed by atoms with E-state index >= 15 is 0 Å². The molecule has 0 spiro atoms. The molecule has 1 heterocycles. The summed E-state index contributed by atoms with van der Waals surface area (Å²) in [6, 6.07) is 18.5. The van der Waals surface area contributed by atoms with Crippen LogP contribution in [0.25, 0.3) is 11.1 Å². The first-order chi connectivity index (χ1) is 13.2. The third-order valence-electron chi connectivity index (χ3n) is 5.13. The van der Waals surface area contributed by atoms with E-state index in [4.69, 9.17) is 4.74 Å². The topological polar surface area (TPSA) is 27.1 Å². The third kappa shape index (κ3) is 4.03. The maximum Gasteiger partial charge on any atom is 0.219 e. The number of hydrogen-bond acceptors (Lipinski definition) is 2. The summed E-state index contributed by atoms with van der Waals surface area (Å²) in [5, 5.41) is 0. The summed E-state index contributed by atoms with van der Waals surface area (Å²) in [5.41, 5.74) is 3.67. The minimum absolute atomic E-state index is 0.559. The summed E-state index contributed by atoms with van der Waals surface area (Å²) in [5.74, 6) is 2.72. The molecule has 0 saturated heterocycles. The molecule has 0 aliphatic heterocycles. The standard InChI is InChI=1S/C24H24N2O/c1-18-8-9-20(14-19(18)2)16-26-17-25-15-24(26)27-23-12-10-22(11-13-23)21-6-4-3-5-7-21/h3-15,17-19H,16H2,1-2H3. The van der Waals surface area contributed by atoms with Crippen molar-refractivity contribution in [2.45, 2.75) is 20.4 Å². The van der Waals surface area contributed by atoms with Crippen LogP contribution in [0.4, 0.5) is 0 Å². The van der Waals surface area contributed by atoms with Gasteiger partial charge in [0.25, 0.3) is 0 Å². The summed E-state index contributed by atoms with van der Waals surface area (Å²) in [7, 11) is 0. The monoisotopic (exact) mass is 356 g/mol. The second-order valence-electron chi connectivity index (χ2n) is 7.17. The Labute approximate surface area is 160 Å². The molecule has 2 atom stereocenters. The van der Waals surface area contributed by atoms with Gasteiger partial charge in [-0.1, -0.05) is 74.5 Å². The summed E-state index contributed by atoms with van der Waals surface area (Å²) in [6.45, 7) is 5.28. The lowest BCUT2D eigenvalue weighted by Crippen LogP contribution is -2.10. The predicted molar refractivity (Wildman–Crippen MR) is 110 cm³/mol. The van der Waals surface area contributed by atoms with Crippen LogP contribution in [0, 0.1) is 11.8 Å². The van der Waals surface area contributed by atoms with E-state index in [-0.39, 0.29) is 0 Å². The first-order valence-electron chi connectivity index (χ1n) is 9.41. The highest BCUT2D eigenvalue weighted by Crippen LogP contribution is 2.27. The van der Waals surface area contributed by atoms with E-state index in [1.54, 1.807) is 6.20 Å². The molecule has 0 fully saturated rings. The number of nitrogens with zero attached hydrogens (tertiary/aromatic N) is 2. The van der Waals surface area contributed by atoms with E-state index < -0.39 is 0 Å². The molecule has 0 saturated carbocycles. The second kappa shape index (κ2) is 7.67. The largest absolute Gasteiger partial charge is 0.439 e. The average Bonchev–Trinajstić information content (AvgIpc) is 3.13. The minimum Gasteiger partial charge on any atom is -0.439 e. The van der Waals surface area contributed by atoms with Crippen molar-refractivity contribution in [1.82, 2.24) is 9.55 Å². The maximum absolute atomic E-state index is 6.08. The van der Waals surface area contributed by atoms with E-state index in [0.29, 0.717) is 11.8 Å². The van der Waals surface area contributed by atoms with Gasteiger partial charge in [-0.15, -0.1) is 0 Å². The number of rotatable bonds is 5. The average molecular weight is 356 g/mol. The van der Waals surface area contributed by atoms with E-state index in [0.717, 1.165) is 18.2 Å². The minimum atomic E-state index is 0.559. The van der Waals surface area contributed by atoms with Gasteiger partial charge in [0, 0.05) is 0 Å². The Bertz CT molecular complexity index is 952. The first-order valence-corrected chi connectivity index (χ1v) is 9.41. The molecule has 2 aromatic carbocycles. The highest BCUT2D eigenvalue weighted by atomic mass is 16.5. The Morgan fingerprint density at radius 3 is 2.41 bits per heavy atom. The number of hydrogen-bond donors (Lipinski definition) is 0. The lowest BCUT2D eigenvalue weighted by atomic mass is 9.88.